The molecule has 0 saturated carbocycles. The van der Waals surface area contributed by atoms with Crippen molar-refractivity contribution >= 4 is 28.4 Å². The molecule has 6 heteroatoms. The highest BCUT2D eigenvalue weighted by Gasteiger charge is 2.09. The third-order valence-electron chi connectivity index (χ3n) is 2.40. The van der Waals surface area contributed by atoms with Crippen LogP contribution >= 0.6 is 22.6 Å². The summed E-state index contributed by atoms with van der Waals surface area (Å²) in [6.07, 6.45) is 1.46. The fraction of sp³-hybridized carbons (Fsp3) is 0.0833. The van der Waals surface area contributed by atoms with Crippen LogP contribution < -0.4 is 4.74 Å². The van der Waals surface area contributed by atoms with E-state index in [4.69, 9.17) is 4.74 Å². The zero-order chi connectivity index (χ0) is 12.5. The lowest BCUT2D eigenvalue weighted by atomic mass is 10.3. The van der Waals surface area contributed by atoms with Crippen molar-refractivity contribution in [3.8, 4) is 11.6 Å². The highest BCUT2D eigenvalue weighted by atomic mass is 127. The van der Waals surface area contributed by atoms with Crippen LogP contribution in [0.25, 0.3) is 5.78 Å². The molecule has 0 aliphatic rings. The third-order valence-corrected chi connectivity index (χ3v) is 3.29. The number of aryl methyl sites for hydroxylation is 1. The number of nitrogens with zero attached hydrogens (tertiary/aromatic N) is 4. The molecule has 0 radical (unpaired) electrons. The van der Waals surface area contributed by atoms with Crippen molar-refractivity contribution < 1.29 is 4.74 Å². The SMILES string of the molecule is Cc1cc(Oc2ccccc2I)n2ncnc2n1. The summed E-state index contributed by atoms with van der Waals surface area (Å²) in [5, 5.41) is 4.10. The van der Waals surface area contributed by atoms with Crippen LogP contribution in [0.2, 0.25) is 0 Å². The van der Waals surface area contributed by atoms with E-state index >= 15 is 0 Å². The van der Waals surface area contributed by atoms with Gasteiger partial charge < -0.3 is 4.74 Å². The van der Waals surface area contributed by atoms with Crippen LogP contribution in [0, 0.1) is 10.5 Å². The maximum absolute atomic E-state index is 5.87. The first-order valence-corrected chi connectivity index (χ1v) is 6.42. The standard InChI is InChI=1S/C12H9IN4O/c1-8-6-11(17-12(16-8)14-7-15-17)18-10-5-3-2-4-9(10)13/h2-7H,1H3. The van der Waals surface area contributed by atoms with Gasteiger partial charge in [0.25, 0.3) is 5.78 Å². The first-order chi connectivity index (χ1) is 8.74. The molecule has 2 heterocycles. The van der Waals surface area contributed by atoms with Crippen molar-refractivity contribution in [1.29, 1.82) is 0 Å². The Kier molecular flexibility index (Phi) is 2.86. The van der Waals surface area contributed by atoms with Crippen LogP contribution in [-0.2, 0) is 0 Å². The van der Waals surface area contributed by atoms with Crippen molar-refractivity contribution in [2.45, 2.75) is 6.92 Å². The van der Waals surface area contributed by atoms with Crippen molar-refractivity contribution in [1.82, 2.24) is 19.6 Å². The lowest BCUT2D eigenvalue weighted by Gasteiger charge is -2.08. The average molecular weight is 352 g/mol. The molecular weight excluding hydrogens is 343 g/mol. The van der Waals surface area contributed by atoms with Gasteiger partial charge in [-0.2, -0.15) is 14.6 Å². The molecule has 3 rings (SSSR count). The molecule has 18 heavy (non-hydrogen) atoms. The van der Waals surface area contributed by atoms with Gasteiger partial charge in [-0.1, -0.05) is 12.1 Å². The Morgan fingerprint density at radius 3 is 2.94 bits per heavy atom. The molecule has 0 spiro atoms. The summed E-state index contributed by atoms with van der Waals surface area (Å²) in [7, 11) is 0. The minimum Gasteiger partial charge on any atom is -0.438 e. The van der Waals surface area contributed by atoms with Gasteiger partial charge in [0.15, 0.2) is 0 Å². The molecule has 0 bridgehead atoms. The lowest BCUT2D eigenvalue weighted by molar-refractivity contribution is 0.442. The van der Waals surface area contributed by atoms with E-state index in [1.54, 1.807) is 4.52 Å². The summed E-state index contributed by atoms with van der Waals surface area (Å²) in [5.74, 6) is 1.94. The molecule has 0 fully saturated rings. The number of fused-ring (bicyclic) bond motifs is 1. The fourth-order valence-electron chi connectivity index (χ4n) is 1.61. The van der Waals surface area contributed by atoms with Gasteiger partial charge in [-0.3, -0.25) is 0 Å². The normalized spacial score (nSPS) is 10.8. The van der Waals surface area contributed by atoms with E-state index in [1.165, 1.54) is 6.33 Å². The van der Waals surface area contributed by atoms with Crippen LogP contribution in [0.1, 0.15) is 5.69 Å². The first-order valence-electron chi connectivity index (χ1n) is 5.34. The second kappa shape index (κ2) is 4.52. The van der Waals surface area contributed by atoms with Crippen LogP contribution in [0.3, 0.4) is 0 Å². The molecule has 2 aromatic heterocycles. The van der Waals surface area contributed by atoms with E-state index in [0.29, 0.717) is 11.7 Å². The predicted octanol–water partition coefficient (Wildman–Crippen LogP) is 2.83. The Balaban J connectivity index is 2.10. The molecule has 0 aliphatic heterocycles. The molecular formula is C12H9IN4O. The van der Waals surface area contributed by atoms with Crippen molar-refractivity contribution in [2.24, 2.45) is 0 Å². The molecule has 5 nitrogen and oxygen atoms in total. The summed E-state index contributed by atoms with van der Waals surface area (Å²) in [5.41, 5.74) is 0.844. The maximum Gasteiger partial charge on any atom is 0.255 e. The van der Waals surface area contributed by atoms with E-state index in [0.717, 1.165) is 15.0 Å². The molecule has 0 amide bonds. The molecule has 90 valence electrons. The van der Waals surface area contributed by atoms with Gasteiger partial charge in [0.05, 0.1) is 3.57 Å². The quantitative estimate of drug-likeness (QED) is 0.666. The lowest BCUT2D eigenvalue weighted by Crippen LogP contribution is -1.99. The van der Waals surface area contributed by atoms with E-state index in [2.05, 4.69) is 37.7 Å². The van der Waals surface area contributed by atoms with Gasteiger partial charge in [-0.05, 0) is 41.6 Å². The number of hydrogen-bond donors (Lipinski definition) is 0. The van der Waals surface area contributed by atoms with Gasteiger partial charge >= 0.3 is 0 Å². The van der Waals surface area contributed by atoms with Gasteiger partial charge in [0.1, 0.15) is 12.1 Å². The zero-order valence-electron chi connectivity index (χ0n) is 9.54. The molecule has 0 N–H and O–H groups in total. The smallest absolute Gasteiger partial charge is 0.255 e. The third kappa shape index (κ3) is 2.03. The number of halogens is 1. The number of aromatic nitrogens is 4. The first kappa shape index (κ1) is 11.4. The van der Waals surface area contributed by atoms with E-state index < -0.39 is 0 Å². The maximum atomic E-state index is 5.87. The van der Waals surface area contributed by atoms with Gasteiger partial charge in [0, 0.05) is 11.8 Å². The topological polar surface area (TPSA) is 52.3 Å². The summed E-state index contributed by atoms with van der Waals surface area (Å²) in [6, 6.07) is 9.65. The van der Waals surface area contributed by atoms with Crippen molar-refractivity contribution in [2.75, 3.05) is 0 Å². The molecule has 0 atom stereocenters. The zero-order valence-corrected chi connectivity index (χ0v) is 11.7. The minimum atomic E-state index is 0.538. The Bertz CT molecular complexity index is 710. The minimum absolute atomic E-state index is 0.538. The molecule has 1 aromatic carbocycles. The van der Waals surface area contributed by atoms with E-state index in [1.807, 2.05) is 37.3 Å². The van der Waals surface area contributed by atoms with Gasteiger partial charge in [0.2, 0.25) is 5.88 Å². The predicted molar refractivity (Wildman–Crippen MR) is 74.8 cm³/mol. The summed E-state index contributed by atoms with van der Waals surface area (Å²) < 4.78 is 8.49. The Morgan fingerprint density at radius 2 is 2.11 bits per heavy atom. The van der Waals surface area contributed by atoms with E-state index in [-0.39, 0.29) is 0 Å². The van der Waals surface area contributed by atoms with E-state index in [9.17, 15) is 0 Å². The average Bonchev–Trinajstić information content (AvgIpc) is 2.80. The van der Waals surface area contributed by atoms with Crippen LogP contribution in [0.5, 0.6) is 11.6 Å². The largest absolute Gasteiger partial charge is 0.438 e. The number of para-hydroxylation sites is 1. The van der Waals surface area contributed by atoms with Crippen LogP contribution in [-0.4, -0.2) is 19.6 Å². The Morgan fingerprint density at radius 1 is 1.28 bits per heavy atom. The van der Waals surface area contributed by atoms with Crippen LogP contribution in [0.15, 0.2) is 36.7 Å². The number of ether oxygens (including phenoxy) is 1. The fourth-order valence-corrected chi connectivity index (χ4v) is 2.11. The summed E-state index contributed by atoms with van der Waals surface area (Å²) in [6.45, 7) is 1.90. The highest BCUT2D eigenvalue weighted by molar-refractivity contribution is 14.1. The Hall–Kier alpha value is -1.70. The van der Waals surface area contributed by atoms with Gasteiger partial charge in [-0.25, -0.2) is 4.98 Å². The second-order valence-electron chi connectivity index (χ2n) is 3.74. The monoisotopic (exact) mass is 352 g/mol. The van der Waals surface area contributed by atoms with Crippen molar-refractivity contribution in [3.63, 3.8) is 0 Å². The van der Waals surface area contributed by atoms with Gasteiger partial charge in [-0.15, -0.1) is 0 Å². The molecule has 0 unspecified atom stereocenters. The number of hydrogen-bond acceptors (Lipinski definition) is 4. The number of benzene rings is 1. The molecule has 3 aromatic rings. The summed E-state index contributed by atoms with van der Waals surface area (Å²) in [4.78, 5) is 8.33. The highest BCUT2D eigenvalue weighted by Crippen LogP contribution is 2.26. The second-order valence-corrected chi connectivity index (χ2v) is 4.90. The van der Waals surface area contributed by atoms with Crippen molar-refractivity contribution in [3.05, 3.63) is 45.9 Å². The Labute approximate surface area is 117 Å². The summed E-state index contributed by atoms with van der Waals surface area (Å²) >= 11 is 2.23. The number of rotatable bonds is 2. The van der Waals surface area contributed by atoms with Crippen LogP contribution in [0.4, 0.5) is 0 Å². The molecule has 0 aliphatic carbocycles. The molecule has 0 saturated heterocycles.